The molecule has 0 atom stereocenters. The number of rotatable bonds is 5. The first-order valence-electron chi connectivity index (χ1n) is 9.05. The predicted octanol–water partition coefficient (Wildman–Crippen LogP) is 3.12. The summed E-state index contributed by atoms with van der Waals surface area (Å²) >= 11 is 0. The van der Waals surface area contributed by atoms with E-state index in [0.29, 0.717) is 11.5 Å². The molecule has 0 fully saturated rings. The molecule has 2 heterocycles. The van der Waals surface area contributed by atoms with Crippen LogP contribution in [0.1, 0.15) is 17.0 Å². The predicted molar refractivity (Wildman–Crippen MR) is 110 cm³/mol. The van der Waals surface area contributed by atoms with Gasteiger partial charge < -0.3 is 5.32 Å². The second kappa shape index (κ2) is 7.89. The maximum atomic E-state index is 12.3. The highest BCUT2D eigenvalue weighted by Crippen LogP contribution is 2.19. The van der Waals surface area contributed by atoms with Gasteiger partial charge in [-0.15, -0.1) is 5.10 Å². The van der Waals surface area contributed by atoms with Crippen LogP contribution in [-0.4, -0.2) is 35.9 Å². The standard InChI is InChI=1S/C21H19N7O/c1-15-8-10-18(12-20(15)28-16(2)24-25-26-28)23-21(29)11-9-17-13-22-27(14-17)19-6-4-3-5-7-19/h3-14H,1-2H3,(H,23,29)/b11-9+. The normalized spacial score (nSPS) is 11.1. The van der Waals surface area contributed by atoms with Crippen LogP contribution in [0.25, 0.3) is 17.5 Å². The summed E-state index contributed by atoms with van der Waals surface area (Å²) in [5.41, 5.74) is 4.27. The Morgan fingerprint density at radius 3 is 2.69 bits per heavy atom. The fraction of sp³-hybridized carbons (Fsp3) is 0.0952. The number of anilines is 1. The molecular formula is C21H19N7O. The lowest BCUT2D eigenvalue weighted by atomic mass is 10.1. The van der Waals surface area contributed by atoms with E-state index in [0.717, 1.165) is 22.5 Å². The van der Waals surface area contributed by atoms with Crippen molar-refractivity contribution in [1.82, 2.24) is 30.0 Å². The van der Waals surface area contributed by atoms with Crippen LogP contribution in [0.4, 0.5) is 5.69 Å². The third-order valence-electron chi connectivity index (χ3n) is 4.38. The number of aromatic nitrogens is 6. The van der Waals surface area contributed by atoms with Crippen LogP contribution >= 0.6 is 0 Å². The van der Waals surface area contributed by atoms with Gasteiger partial charge in [0.15, 0.2) is 5.82 Å². The van der Waals surface area contributed by atoms with E-state index in [9.17, 15) is 4.79 Å². The molecule has 29 heavy (non-hydrogen) atoms. The minimum atomic E-state index is -0.235. The number of tetrazole rings is 1. The average Bonchev–Trinajstić information content (AvgIpc) is 3.38. The topological polar surface area (TPSA) is 90.5 Å². The average molecular weight is 385 g/mol. The van der Waals surface area contributed by atoms with Crippen LogP contribution in [0, 0.1) is 13.8 Å². The second-order valence-electron chi connectivity index (χ2n) is 6.52. The summed E-state index contributed by atoms with van der Waals surface area (Å²) in [6.07, 6.45) is 6.78. The van der Waals surface area contributed by atoms with E-state index < -0.39 is 0 Å². The molecule has 4 rings (SSSR count). The third kappa shape index (κ3) is 4.11. The molecule has 1 amide bonds. The van der Waals surface area contributed by atoms with Crippen molar-refractivity contribution in [2.24, 2.45) is 0 Å². The quantitative estimate of drug-likeness (QED) is 0.533. The molecule has 4 aromatic rings. The van der Waals surface area contributed by atoms with E-state index in [-0.39, 0.29) is 5.91 Å². The van der Waals surface area contributed by atoms with Gasteiger partial charge in [-0.3, -0.25) is 4.79 Å². The van der Waals surface area contributed by atoms with E-state index in [2.05, 4.69) is 25.9 Å². The summed E-state index contributed by atoms with van der Waals surface area (Å²) in [5.74, 6) is 0.438. The van der Waals surface area contributed by atoms with E-state index in [1.54, 1.807) is 21.6 Å². The lowest BCUT2D eigenvalue weighted by molar-refractivity contribution is -0.111. The van der Waals surface area contributed by atoms with Crippen molar-refractivity contribution in [3.05, 3.63) is 84.0 Å². The zero-order valence-electron chi connectivity index (χ0n) is 16.0. The Bertz CT molecular complexity index is 1170. The molecule has 8 nitrogen and oxygen atoms in total. The van der Waals surface area contributed by atoms with Crippen molar-refractivity contribution in [3.8, 4) is 11.4 Å². The molecule has 2 aromatic heterocycles. The number of amides is 1. The number of nitrogens with one attached hydrogen (secondary N) is 1. The Kier molecular flexibility index (Phi) is 4.98. The number of carbonyl (C=O) groups is 1. The molecule has 0 saturated carbocycles. The van der Waals surface area contributed by atoms with Gasteiger partial charge in [0.05, 0.1) is 17.6 Å². The molecule has 0 bridgehead atoms. The highest BCUT2D eigenvalue weighted by molar-refractivity contribution is 6.02. The van der Waals surface area contributed by atoms with Gasteiger partial charge in [-0.2, -0.15) is 9.78 Å². The minimum Gasteiger partial charge on any atom is -0.322 e. The number of hydrogen-bond donors (Lipinski definition) is 1. The van der Waals surface area contributed by atoms with Crippen molar-refractivity contribution in [2.75, 3.05) is 5.32 Å². The Morgan fingerprint density at radius 1 is 1.10 bits per heavy atom. The van der Waals surface area contributed by atoms with E-state index in [4.69, 9.17) is 0 Å². The molecule has 0 aliphatic heterocycles. The molecule has 1 N–H and O–H groups in total. The first-order chi connectivity index (χ1) is 14.1. The van der Waals surface area contributed by atoms with Crippen molar-refractivity contribution in [3.63, 3.8) is 0 Å². The fourth-order valence-electron chi connectivity index (χ4n) is 2.87. The largest absolute Gasteiger partial charge is 0.322 e. The van der Waals surface area contributed by atoms with Crippen molar-refractivity contribution in [2.45, 2.75) is 13.8 Å². The van der Waals surface area contributed by atoms with E-state index in [1.807, 2.05) is 68.6 Å². The van der Waals surface area contributed by atoms with E-state index in [1.165, 1.54) is 6.08 Å². The number of nitrogens with zero attached hydrogens (tertiary/aromatic N) is 6. The second-order valence-corrected chi connectivity index (χ2v) is 6.52. The zero-order valence-corrected chi connectivity index (χ0v) is 16.0. The van der Waals surface area contributed by atoms with E-state index >= 15 is 0 Å². The van der Waals surface area contributed by atoms with Gasteiger partial charge in [0.2, 0.25) is 5.91 Å². The van der Waals surface area contributed by atoms with Crippen LogP contribution in [0.5, 0.6) is 0 Å². The monoisotopic (exact) mass is 385 g/mol. The molecular weight excluding hydrogens is 366 g/mol. The van der Waals surface area contributed by atoms with Crippen LogP contribution in [0.3, 0.4) is 0 Å². The molecule has 0 aliphatic rings. The van der Waals surface area contributed by atoms with Crippen molar-refractivity contribution >= 4 is 17.7 Å². The summed E-state index contributed by atoms with van der Waals surface area (Å²) in [5, 5.41) is 18.8. The number of aryl methyl sites for hydroxylation is 2. The Balaban J connectivity index is 1.46. The highest BCUT2D eigenvalue weighted by atomic mass is 16.1. The first kappa shape index (κ1) is 18.3. The molecule has 144 valence electrons. The van der Waals surface area contributed by atoms with Crippen LogP contribution in [0.2, 0.25) is 0 Å². The minimum absolute atomic E-state index is 0.235. The third-order valence-corrected chi connectivity index (χ3v) is 4.38. The molecule has 0 unspecified atom stereocenters. The van der Waals surface area contributed by atoms with Crippen LogP contribution in [0.15, 0.2) is 67.0 Å². The van der Waals surface area contributed by atoms with Gasteiger partial charge in [-0.05, 0) is 60.2 Å². The fourth-order valence-corrected chi connectivity index (χ4v) is 2.87. The summed E-state index contributed by atoms with van der Waals surface area (Å²) in [6.45, 7) is 3.79. The summed E-state index contributed by atoms with van der Waals surface area (Å²) < 4.78 is 3.40. The van der Waals surface area contributed by atoms with Gasteiger partial charge >= 0.3 is 0 Å². The maximum absolute atomic E-state index is 12.3. The number of benzene rings is 2. The van der Waals surface area contributed by atoms with Crippen molar-refractivity contribution < 1.29 is 4.79 Å². The van der Waals surface area contributed by atoms with Gasteiger partial charge in [-0.1, -0.05) is 24.3 Å². The number of hydrogen-bond acceptors (Lipinski definition) is 5. The Hall–Kier alpha value is -4.07. The van der Waals surface area contributed by atoms with Gasteiger partial charge in [0.25, 0.3) is 0 Å². The van der Waals surface area contributed by atoms with Gasteiger partial charge in [-0.25, -0.2) is 4.68 Å². The van der Waals surface area contributed by atoms with Gasteiger partial charge in [0, 0.05) is 23.5 Å². The Morgan fingerprint density at radius 2 is 1.93 bits per heavy atom. The molecule has 8 heteroatoms. The van der Waals surface area contributed by atoms with Crippen molar-refractivity contribution in [1.29, 1.82) is 0 Å². The van der Waals surface area contributed by atoms with Gasteiger partial charge in [0.1, 0.15) is 0 Å². The molecule has 0 aliphatic carbocycles. The molecule has 0 radical (unpaired) electrons. The molecule has 0 spiro atoms. The highest BCUT2D eigenvalue weighted by Gasteiger charge is 2.09. The SMILES string of the molecule is Cc1ccc(NC(=O)/C=C/c2cnn(-c3ccccc3)c2)cc1-n1nnnc1C. The zero-order chi connectivity index (χ0) is 20.2. The smallest absolute Gasteiger partial charge is 0.248 e. The summed E-state index contributed by atoms with van der Waals surface area (Å²) in [7, 11) is 0. The maximum Gasteiger partial charge on any atom is 0.248 e. The van der Waals surface area contributed by atoms with Crippen LogP contribution in [-0.2, 0) is 4.79 Å². The summed E-state index contributed by atoms with van der Waals surface area (Å²) in [4.78, 5) is 12.3. The summed E-state index contributed by atoms with van der Waals surface area (Å²) in [6, 6.07) is 15.4. The van der Waals surface area contributed by atoms with Crippen LogP contribution < -0.4 is 5.32 Å². The molecule has 0 saturated heterocycles. The number of para-hydroxylation sites is 1. The lowest BCUT2D eigenvalue weighted by Crippen LogP contribution is -2.09. The molecule has 2 aromatic carbocycles. The Labute approximate surface area is 167 Å². The first-order valence-corrected chi connectivity index (χ1v) is 9.05. The number of carbonyl (C=O) groups excluding carboxylic acids is 1. The lowest BCUT2D eigenvalue weighted by Gasteiger charge is -2.09.